The van der Waals surface area contributed by atoms with Crippen molar-refractivity contribution in [2.45, 2.75) is 63.6 Å². The van der Waals surface area contributed by atoms with E-state index < -0.39 is 0 Å². The van der Waals surface area contributed by atoms with Gasteiger partial charge in [-0.25, -0.2) is 10.4 Å². The normalized spacial score (nSPS) is 23.2. The first-order chi connectivity index (χ1) is 22.0. The largest absolute Gasteiger partial charge is 0.457 e. The molecule has 45 heavy (non-hydrogen) atoms. The van der Waals surface area contributed by atoms with Crippen LogP contribution in [0.2, 0.25) is 0 Å². The topological polar surface area (TPSA) is 98.5 Å². The predicted octanol–water partition coefficient (Wildman–Crippen LogP) is 4.88. The van der Waals surface area contributed by atoms with Gasteiger partial charge in [0.2, 0.25) is 5.91 Å². The number of benzene rings is 2. The lowest BCUT2D eigenvalue weighted by molar-refractivity contribution is -0.128. The SMILES string of the molecule is CCC1=CN=C2C(=C(N)C1)C(c1ccc(Oc3ccccc3)cc1)NN2C1CCCN(C(=O)C=CCNC2CCN(C)CC2)C1. The number of rotatable bonds is 9. The number of carbonyl (C=O) groups is 1. The molecule has 9 heteroatoms. The van der Waals surface area contributed by atoms with Crippen molar-refractivity contribution in [2.75, 3.05) is 39.8 Å². The first kappa shape index (κ1) is 31.1. The summed E-state index contributed by atoms with van der Waals surface area (Å²) in [5.41, 5.74) is 14.7. The Morgan fingerprint density at radius 1 is 1.07 bits per heavy atom. The third kappa shape index (κ3) is 7.49. The number of amides is 1. The third-order valence-corrected chi connectivity index (χ3v) is 9.38. The molecule has 0 spiro atoms. The number of ether oxygens (including phenoxy) is 1. The summed E-state index contributed by atoms with van der Waals surface area (Å²) in [7, 11) is 2.17. The Balaban J connectivity index is 1.15. The quantitative estimate of drug-likeness (QED) is 0.349. The number of aliphatic imine (C=N–C) groups is 1. The number of nitrogens with zero attached hydrogens (tertiary/aromatic N) is 4. The number of hydrogen-bond acceptors (Lipinski definition) is 8. The maximum absolute atomic E-state index is 13.3. The zero-order chi connectivity index (χ0) is 31.2. The summed E-state index contributed by atoms with van der Waals surface area (Å²) in [5, 5.41) is 5.77. The number of hydrogen-bond donors (Lipinski definition) is 3. The Bertz CT molecular complexity index is 1440. The van der Waals surface area contributed by atoms with E-state index in [1.165, 1.54) is 5.57 Å². The molecule has 2 atom stereocenters. The number of fused-ring (bicyclic) bond motifs is 1. The lowest BCUT2D eigenvalue weighted by Gasteiger charge is -2.38. The minimum Gasteiger partial charge on any atom is -0.457 e. The van der Waals surface area contributed by atoms with Crippen LogP contribution >= 0.6 is 0 Å². The Morgan fingerprint density at radius 2 is 1.82 bits per heavy atom. The first-order valence-corrected chi connectivity index (χ1v) is 16.5. The second-order valence-electron chi connectivity index (χ2n) is 12.6. The molecule has 4 heterocycles. The molecular formula is C36H47N7O2. The Hall–Kier alpha value is -3.92. The zero-order valence-corrected chi connectivity index (χ0v) is 26.6. The number of likely N-dealkylation sites (tertiary alicyclic amines) is 2. The number of amidine groups is 1. The molecule has 3 fully saturated rings. The summed E-state index contributed by atoms with van der Waals surface area (Å²) < 4.78 is 6.04. The molecule has 4 aliphatic heterocycles. The third-order valence-electron chi connectivity index (χ3n) is 9.38. The van der Waals surface area contributed by atoms with Gasteiger partial charge < -0.3 is 25.6 Å². The second-order valence-corrected chi connectivity index (χ2v) is 12.6. The van der Waals surface area contributed by atoms with Gasteiger partial charge in [0.15, 0.2) is 0 Å². The van der Waals surface area contributed by atoms with E-state index in [2.05, 4.69) is 46.8 Å². The van der Waals surface area contributed by atoms with Gasteiger partial charge in [-0.3, -0.25) is 9.80 Å². The molecule has 2 aromatic rings. The van der Waals surface area contributed by atoms with Crippen LogP contribution < -0.4 is 21.2 Å². The van der Waals surface area contributed by atoms with Crippen LogP contribution in [-0.4, -0.2) is 78.4 Å². The molecule has 1 amide bonds. The van der Waals surface area contributed by atoms with Gasteiger partial charge in [0.1, 0.15) is 17.3 Å². The van der Waals surface area contributed by atoms with Gasteiger partial charge in [0, 0.05) is 55.6 Å². The molecule has 9 nitrogen and oxygen atoms in total. The molecule has 0 aliphatic carbocycles. The van der Waals surface area contributed by atoms with Crippen LogP contribution in [0.1, 0.15) is 57.1 Å². The summed E-state index contributed by atoms with van der Waals surface area (Å²) in [6.07, 6.45) is 11.5. The summed E-state index contributed by atoms with van der Waals surface area (Å²) >= 11 is 0. The van der Waals surface area contributed by atoms with Crippen molar-refractivity contribution in [3.8, 4) is 11.5 Å². The highest BCUT2D eigenvalue weighted by molar-refractivity contribution is 6.03. The van der Waals surface area contributed by atoms with Crippen molar-refractivity contribution < 1.29 is 9.53 Å². The molecule has 0 aromatic heterocycles. The smallest absolute Gasteiger partial charge is 0.246 e. The van der Waals surface area contributed by atoms with Crippen LogP contribution in [-0.2, 0) is 4.79 Å². The maximum atomic E-state index is 13.3. The van der Waals surface area contributed by atoms with Crippen molar-refractivity contribution in [1.82, 2.24) is 25.6 Å². The van der Waals surface area contributed by atoms with E-state index in [-0.39, 0.29) is 18.0 Å². The molecule has 3 saturated heterocycles. The van der Waals surface area contributed by atoms with Crippen molar-refractivity contribution in [2.24, 2.45) is 10.7 Å². The molecule has 0 saturated carbocycles. The van der Waals surface area contributed by atoms with Crippen LogP contribution in [0.15, 0.2) is 94.8 Å². The van der Waals surface area contributed by atoms with Gasteiger partial charge in [-0.05, 0) is 87.6 Å². The molecular weight excluding hydrogens is 562 g/mol. The van der Waals surface area contributed by atoms with Gasteiger partial charge in [-0.2, -0.15) is 0 Å². The highest BCUT2D eigenvalue weighted by atomic mass is 16.5. The molecule has 4 N–H and O–H groups in total. The Labute approximate surface area is 267 Å². The number of piperidine rings is 2. The van der Waals surface area contributed by atoms with E-state index in [1.807, 2.05) is 59.6 Å². The number of hydrazine groups is 1. The van der Waals surface area contributed by atoms with E-state index >= 15 is 0 Å². The van der Waals surface area contributed by atoms with E-state index in [9.17, 15) is 4.79 Å². The van der Waals surface area contributed by atoms with E-state index in [4.69, 9.17) is 15.5 Å². The summed E-state index contributed by atoms with van der Waals surface area (Å²) in [6.45, 7) is 6.51. The number of carbonyl (C=O) groups excluding carboxylic acids is 1. The van der Waals surface area contributed by atoms with Crippen molar-refractivity contribution in [3.05, 3.63) is 95.4 Å². The minimum absolute atomic E-state index is 0.0703. The van der Waals surface area contributed by atoms with Crippen LogP contribution in [0.4, 0.5) is 0 Å². The predicted molar refractivity (Wildman–Crippen MR) is 180 cm³/mol. The van der Waals surface area contributed by atoms with Gasteiger partial charge in [-0.1, -0.05) is 43.3 Å². The minimum atomic E-state index is -0.143. The summed E-state index contributed by atoms with van der Waals surface area (Å²) in [4.78, 5) is 22.6. The van der Waals surface area contributed by atoms with E-state index in [1.54, 1.807) is 6.08 Å². The zero-order valence-electron chi connectivity index (χ0n) is 26.6. The molecule has 0 radical (unpaired) electrons. The van der Waals surface area contributed by atoms with Gasteiger partial charge in [-0.15, -0.1) is 0 Å². The highest BCUT2D eigenvalue weighted by Gasteiger charge is 2.41. The average Bonchev–Trinajstić information content (AvgIpc) is 3.37. The lowest BCUT2D eigenvalue weighted by atomic mass is 9.95. The first-order valence-electron chi connectivity index (χ1n) is 16.5. The number of para-hydroxylation sites is 1. The molecule has 2 unspecified atom stereocenters. The summed E-state index contributed by atoms with van der Waals surface area (Å²) in [5.74, 6) is 2.52. The number of nitrogens with two attached hydrogens (primary N) is 1. The van der Waals surface area contributed by atoms with Gasteiger partial charge >= 0.3 is 0 Å². The molecule has 238 valence electrons. The molecule has 0 bridgehead atoms. The highest BCUT2D eigenvalue weighted by Crippen LogP contribution is 2.37. The lowest BCUT2D eigenvalue weighted by Crippen LogP contribution is -2.53. The molecule has 4 aliphatic rings. The fourth-order valence-electron chi connectivity index (χ4n) is 6.69. The van der Waals surface area contributed by atoms with E-state index in [0.29, 0.717) is 19.0 Å². The van der Waals surface area contributed by atoms with Crippen molar-refractivity contribution in [1.29, 1.82) is 0 Å². The Morgan fingerprint density at radius 3 is 2.58 bits per heavy atom. The fourth-order valence-corrected chi connectivity index (χ4v) is 6.69. The fraction of sp³-hybridized carbons (Fsp3) is 0.444. The van der Waals surface area contributed by atoms with Crippen molar-refractivity contribution >= 4 is 11.7 Å². The Kier molecular flexibility index (Phi) is 9.98. The number of nitrogens with one attached hydrogen (secondary N) is 2. The average molecular weight is 610 g/mol. The van der Waals surface area contributed by atoms with Gasteiger partial charge in [0.05, 0.1) is 12.1 Å². The monoisotopic (exact) mass is 609 g/mol. The standard InChI is InChI=1S/C36H47N7O2/c1-3-26-23-32(37)34-35(27-13-15-31(16-14-27)45-30-10-5-4-6-11-30)40-43(36(34)39-24-26)29-9-8-20-42(25-29)33(44)12-7-19-38-28-17-21-41(2)22-18-28/h4-7,10-16,24,28-29,35,38,40H,3,8-9,17-23,25,37H2,1-2H3. The summed E-state index contributed by atoms with van der Waals surface area (Å²) in [6, 6.07) is 18.5. The second kappa shape index (κ2) is 14.5. The molecule has 2 aromatic carbocycles. The van der Waals surface area contributed by atoms with Gasteiger partial charge in [0.25, 0.3) is 0 Å². The van der Waals surface area contributed by atoms with Crippen LogP contribution in [0.5, 0.6) is 11.5 Å². The molecule has 6 rings (SSSR count). The maximum Gasteiger partial charge on any atom is 0.246 e. The van der Waals surface area contributed by atoms with Crippen LogP contribution in [0, 0.1) is 0 Å². The van der Waals surface area contributed by atoms with E-state index in [0.717, 1.165) is 92.5 Å². The van der Waals surface area contributed by atoms with Crippen molar-refractivity contribution in [3.63, 3.8) is 0 Å². The number of allylic oxidation sites excluding steroid dienone is 1. The van der Waals surface area contributed by atoms with Crippen LogP contribution in [0.3, 0.4) is 0 Å². The van der Waals surface area contributed by atoms with Crippen LogP contribution in [0.25, 0.3) is 0 Å².